The number of amides is 2. The van der Waals surface area contributed by atoms with Crippen molar-refractivity contribution in [2.24, 2.45) is 0 Å². The molecule has 1 aromatic heterocycles. The Kier molecular flexibility index (Phi) is 7.51. The topological polar surface area (TPSA) is 74.8 Å². The Bertz CT molecular complexity index is 1020. The SMILES string of the molecule is CC(=O)N1c2ccc(-c3ccc(CN4CCCCC4)cn3)cc2C(NC(=O)OC(C)C)CC1C. The molecule has 34 heavy (non-hydrogen) atoms. The predicted molar refractivity (Wildman–Crippen MR) is 134 cm³/mol. The standard InChI is InChI=1S/C27H36N4O3/c1-18(2)34-27(33)29-25-14-19(3)31(20(4)32)26-11-9-22(15-23(25)26)24-10-8-21(16-28-24)17-30-12-6-5-7-13-30/h8-11,15-16,18-19,25H,5-7,12-14,17H2,1-4H3,(H,29,33). The molecule has 0 saturated carbocycles. The molecule has 1 fully saturated rings. The number of alkyl carbamates (subject to hydrolysis) is 1. The van der Waals surface area contributed by atoms with Gasteiger partial charge < -0.3 is 15.0 Å². The number of nitrogens with one attached hydrogen (secondary N) is 1. The first-order chi connectivity index (χ1) is 16.3. The van der Waals surface area contributed by atoms with Crippen LogP contribution in [0.25, 0.3) is 11.3 Å². The van der Waals surface area contributed by atoms with E-state index in [1.807, 2.05) is 45.2 Å². The summed E-state index contributed by atoms with van der Waals surface area (Å²) in [5.41, 5.74) is 4.79. The molecular formula is C27H36N4O3. The van der Waals surface area contributed by atoms with Gasteiger partial charge in [0.05, 0.1) is 17.8 Å². The van der Waals surface area contributed by atoms with E-state index >= 15 is 0 Å². The van der Waals surface area contributed by atoms with Gasteiger partial charge in [0.15, 0.2) is 0 Å². The molecule has 7 nitrogen and oxygen atoms in total. The predicted octanol–water partition coefficient (Wildman–Crippen LogP) is 5.06. The van der Waals surface area contributed by atoms with E-state index in [0.29, 0.717) is 6.42 Å². The molecule has 1 saturated heterocycles. The van der Waals surface area contributed by atoms with Crippen LogP contribution >= 0.6 is 0 Å². The van der Waals surface area contributed by atoms with Crippen molar-refractivity contribution >= 4 is 17.7 Å². The lowest BCUT2D eigenvalue weighted by Crippen LogP contribution is -2.45. The van der Waals surface area contributed by atoms with Crippen LogP contribution in [-0.4, -0.2) is 47.1 Å². The first kappa shape index (κ1) is 24.2. The molecule has 1 aromatic carbocycles. The molecule has 2 atom stereocenters. The summed E-state index contributed by atoms with van der Waals surface area (Å²) in [6, 6.07) is 9.94. The van der Waals surface area contributed by atoms with Crippen molar-refractivity contribution < 1.29 is 14.3 Å². The minimum absolute atomic E-state index is 0.00935. The highest BCUT2D eigenvalue weighted by atomic mass is 16.6. The minimum atomic E-state index is -0.444. The summed E-state index contributed by atoms with van der Waals surface area (Å²) >= 11 is 0. The first-order valence-corrected chi connectivity index (χ1v) is 12.4. The van der Waals surface area contributed by atoms with Crippen LogP contribution in [-0.2, 0) is 16.1 Å². The fourth-order valence-corrected chi connectivity index (χ4v) is 5.09. The second-order valence-corrected chi connectivity index (χ2v) is 9.79. The number of hydrogen-bond acceptors (Lipinski definition) is 5. The normalized spacial score (nSPS) is 20.7. The molecule has 7 heteroatoms. The quantitative estimate of drug-likeness (QED) is 0.670. The molecule has 3 heterocycles. The van der Waals surface area contributed by atoms with Crippen molar-refractivity contribution in [1.29, 1.82) is 0 Å². The van der Waals surface area contributed by atoms with Gasteiger partial charge in [-0.15, -0.1) is 0 Å². The van der Waals surface area contributed by atoms with Gasteiger partial charge >= 0.3 is 6.09 Å². The lowest BCUT2D eigenvalue weighted by molar-refractivity contribution is -0.117. The van der Waals surface area contributed by atoms with Gasteiger partial charge in [-0.05, 0) is 82.4 Å². The van der Waals surface area contributed by atoms with Crippen LogP contribution in [0.2, 0.25) is 0 Å². The van der Waals surface area contributed by atoms with E-state index in [4.69, 9.17) is 9.72 Å². The highest BCUT2D eigenvalue weighted by Gasteiger charge is 2.34. The summed E-state index contributed by atoms with van der Waals surface area (Å²) in [6.45, 7) is 10.5. The maximum Gasteiger partial charge on any atom is 0.407 e. The number of likely N-dealkylation sites (tertiary alicyclic amines) is 1. The van der Waals surface area contributed by atoms with E-state index < -0.39 is 6.09 Å². The third-order valence-corrected chi connectivity index (χ3v) is 6.63. The zero-order valence-electron chi connectivity index (χ0n) is 20.7. The van der Waals surface area contributed by atoms with Crippen LogP contribution in [0.4, 0.5) is 10.5 Å². The highest BCUT2D eigenvalue weighted by molar-refractivity contribution is 5.94. The molecule has 0 aliphatic carbocycles. The zero-order chi connectivity index (χ0) is 24.2. The molecule has 2 aromatic rings. The zero-order valence-corrected chi connectivity index (χ0v) is 20.7. The number of hydrogen-bond donors (Lipinski definition) is 1. The fourth-order valence-electron chi connectivity index (χ4n) is 5.09. The van der Waals surface area contributed by atoms with Gasteiger partial charge in [-0.1, -0.05) is 18.6 Å². The lowest BCUT2D eigenvalue weighted by Gasteiger charge is -2.39. The highest BCUT2D eigenvalue weighted by Crippen LogP contribution is 2.39. The number of ether oxygens (including phenoxy) is 1. The number of fused-ring (bicyclic) bond motifs is 1. The smallest absolute Gasteiger partial charge is 0.407 e. The Hall–Kier alpha value is -2.93. The van der Waals surface area contributed by atoms with Crippen molar-refractivity contribution in [2.45, 2.75) is 78.1 Å². The number of rotatable bonds is 5. The summed E-state index contributed by atoms with van der Waals surface area (Å²) < 4.78 is 5.32. The number of carbonyl (C=O) groups excluding carboxylic acids is 2. The molecule has 0 bridgehead atoms. The van der Waals surface area contributed by atoms with Crippen molar-refractivity contribution in [1.82, 2.24) is 15.2 Å². The molecular weight excluding hydrogens is 428 g/mol. The van der Waals surface area contributed by atoms with Gasteiger partial charge in [0.1, 0.15) is 0 Å². The first-order valence-electron chi connectivity index (χ1n) is 12.4. The van der Waals surface area contributed by atoms with E-state index in [9.17, 15) is 9.59 Å². The number of pyridine rings is 1. The Balaban J connectivity index is 1.59. The number of anilines is 1. The molecule has 0 spiro atoms. The number of aromatic nitrogens is 1. The van der Waals surface area contributed by atoms with Gasteiger partial charge in [-0.3, -0.25) is 14.7 Å². The summed E-state index contributed by atoms with van der Waals surface area (Å²) in [7, 11) is 0. The summed E-state index contributed by atoms with van der Waals surface area (Å²) in [6.07, 6.45) is 5.81. The van der Waals surface area contributed by atoms with Gasteiger partial charge in [0, 0.05) is 37.0 Å². The third-order valence-electron chi connectivity index (χ3n) is 6.63. The molecule has 2 aliphatic rings. The molecule has 2 unspecified atom stereocenters. The largest absolute Gasteiger partial charge is 0.447 e. The van der Waals surface area contributed by atoms with E-state index in [0.717, 1.165) is 42.1 Å². The number of nitrogens with zero attached hydrogens (tertiary/aromatic N) is 3. The van der Waals surface area contributed by atoms with Crippen LogP contribution in [0.1, 0.15) is 70.5 Å². The second kappa shape index (κ2) is 10.6. The van der Waals surface area contributed by atoms with Crippen LogP contribution in [0.3, 0.4) is 0 Å². The monoisotopic (exact) mass is 464 g/mol. The van der Waals surface area contributed by atoms with Crippen molar-refractivity contribution in [2.75, 3.05) is 18.0 Å². The van der Waals surface area contributed by atoms with E-state index in [-0.39, 0.29) is 24.1 Å². The van der Waals surface area contributed by atoms with Gasteiger partial charge in [0.25, 0.3) is 0 Å². The Morgan fingerprint density at radius 1 is 1.15 bits per heavy atom. The van der Waals surface area contributed by atoms with Crippen LogP contribution in [0.5, 0.6) is 0 Å². The summed E-state index contributed by atoms with van der Waals surface area (Å²) in [5.74, 6) is -0.00935. The van der Waals surface area contributed by atoms with Crippen LogP contribution < -0.4 is 10.2 Å². The second-order valence-electron chi connectivity index (χ2n) is 9.79. The number of benzene rings is 1. The van der Waals surface area contributed by atoms with E-state index in [1.165, 1.54) is 24.8 Å². The van der Waals surface area contributed by atoms with Gasteiger partial charge in [-0.25, -0.2) is 4.79 Å². The minimum Gasteiger partial charge on any atom is -0.447 e. The molecule has 0 radical (unpaired) electrons. The number of carbonyl (C=O) groups is 2. The van der Waals surface area contributed by atoms with Crippen LogP contribution in [0.15, 0.2) is 36.5 Å². The average Bonchev–Trinajstić information content (AvgIpc) is 2.79. The van der Waals surface area contributed by atoms with Crippen molar-refractivity contribution in [3.05, 3.63) is 47.7 Å². The maximum atomic E-state index is 12.4. The Morgan fingerprint density at radius 3 is 2.56 bits per heavy atom. The van der Waals surface area contributed by atoms with E-state index in [2.05, 4.69) is 22.3 Å². The van der Waals surface area contributed by atoms with Crippen molar-refractivity contribution in [3.63, 3.8) is 0 Å². The average molecular weight is 465 g/mol. The lowest BCUT2D eigenvalue weighted by atomic mass is 9.89. The number of piperidine rings is 1. The summed E-state index contributed by atoms with van der Waals surface area (Å²) in [5, 5.41) is 3.00. The van der Waals surface area contributed by atoms with Crippen LogP contribution in [0, 0.1) is 0 Å². The third kappa shape index (κ3) is 5.58. The van der Waals surface area contributed by atoms with E-state index in [1.54, 1.807) is 11.8 Å². The summed E-state index contributed by atoms with van der Waals surface area (Å²) in [4.78, 5) is 33.8. The fraction of sp³-hybridized carbons (Fsp3) is 0.519. The van der Waals surface area contributed by atoms with Gasteiger partial charge in [0.2, 0.25) is 5.91 Å². The molecule has 4 rings (SSSR count). The maximum absolute atomic E-state index is 12.4. The Morgan fingerprint density at radius 2 is 1.91 bits per heavy atom. The Labute approximate surface area is 202 Å². The van der Waals surface area contributed by atoms with Gasteiger partial charge in [-0.2, -0.15) is 0 Å². The molecule has 182 valence electrons. The molecule has 1 N–H and O–H groups in total. The molecule has 2 aliphatic heterocycles. The van der Waals surface area contributed by atoms with Crippen molar-refractivity contribution in [3.8, 4) is 11.3 Å². The molecule has 2 amide bonds.